The van der Waals surface area contributed by atoms with Crippen LogP contribution in [0.25, 0.3) is 0 Å². The highest BCUT2D eigenvalue weighted by molar-refractivity contribution is 5.80. The summed E-state index contributed by atoms with van der Waals surface area (Å²) in [4.78, 5) is 28.0. The van der Waals surface area contributed by atoms with Crippen molar-refractivity contribution in [2.24, 2.45) is 5.92 Å². The molecule has 2 heterocycles. The molecule has 2 saturated heterocycles. The van der Waals surface area contributed by atoms with Crippen molar-refractivity contribution in [1.29, 1.82) is 0 Å². The van der Waals surface area contributed by atoms with E-state index < -0.39 is 0 Å². The first-order valence-corrected chi connectivity index (χ1v) is 8.49. The molecule has 0 bridgehead atoms. The molecule has 2 fully saturated rings. The summed E-state index contributed by atoms with van der Waals surface area (Å²) in [6.45, 7) is 2.82. The van der Waals surface area contributed by atoms with E-state index in [0.717, 1.165) is 18.4 Å². The topological polar surface area (TPSA) is 59.1 Å². The van der Waals surface area contributed by atoms with Gasteiger partial charge in [0.05, 0.1) is 19.1 Å². The fourth-order valence-electron chi connectivity index (χ4n) is 3.48. The lowest BCUT2D eigenvalue weighted by atomic mass is 9.88. The molecule has 6 nitrogen and oxygen atoms in total. The molecule has 1 aromatic carbocycles. The van der Waals surface area contributed by atoms with Gasteiger partial charge < -0.3 is 19.3 Å². The lowest BCUT2D eigenvalue weighted by Crippen LogP contribution is -2.52. The average molecular weight is 332 g/mol. The van der Waals surface area contributed by atoms with Crippen LogP contribution in [0.2, 0.25) is 0 Å². The first kappa shape index (κ1) is 16.8. The van der Waals surface area contributed by atoms with Gasteiger partial charge in [0, 0.05) is 32.8 Å². The van der Waals surface area contributed by atoms with Crippen LogP contribution in [0.3, 0.4) is 0 Å². The van der Waals surface area contributed by atoms with Crippen molar-refractivity contribution in [2.75, 3.05) is 39.9 Å². The Hall–Kier alpha value is -2.08. The Morgan fingerprint density at radius 3 is 2.42 bits per heavy atom. The number of carbonyl (C=O) groups excluding carboxylic acids is 2. The van der Waals surface area contributed by atoms with Crippen LogP contribution in [0.5, 0.6) is 0 Å². The van der Waals surface area contributed by atoms with Crippen molar-refractivity contribution < 1.29 is 19.1 Å². The van der Waals surface area contributed by atoms with E-state index in [1.54, 1.807) is 4.90 Å². The fraction of sp³-hybridized carbons (Fsp3) is 0.556. The number of piperazine rings is 1. The molecule has 0 spiro atoms. The zero-order valence-corrected chi connectivity index (χ0v) is 14.0. The van der Waals surface area contributed by atoms with E-state index in [1.165, 1.54) is 7.11 Å². The third-order valence-electron chi connectivity index (χ3n) is 4.79. The van der Waals surface area contributed by atoms with Gasteiger partial charge in [-0.25, -0.2) is 4.79 Å². The van der Waals surface area contributed by atoms with Crippen LogP contribution in [0.1, 0.15) is 24.5 Å². The summed E-state index contributed by atoms with van der Waals surface area (Å²) in [6.07, 6.45) is 1.24. The second-order valence-corrected chi connectivity index (χ2v) is 6.23. The summed E-state index contributed by atoms with van der Waals surface area (Å²) in [5, 5.41) is 0. The molecule has 3 rings (SSSR count). The van der Waals surface area contributed by atoms with Crippen LogP contribution in [0, 0.1) is 5.92 Å². The van der Waals surface area contributed by atoms with Gasteiger partial charge in [0.15, 0.2) is 0 Å². The van der Waals surface area contributed by atoms with Gasteiger partial charge in [0.1, 0.15) is 0 Å². The number of benzene rings is 1. The van der Waals surface area contributed by atoms with E-state index in [0.29, 0.717) is 32.8 Å². The Morgan fingerprint density at radius 1 is 1.08 bits per heavy atom. The van der Waals surface area contributed by atoms with Crippen molar-refractivity contribution in [3.8, 4) is 0 Å². The highest BCUT2D eigenvalue weighted by Gasteiger charge is 2.37. The van der Waals surface area contributed by atoms with E-state index in [1.807, 2.05) is 35.2 Å². The molecule has 2 atom stereocenters. The minimum absolute atomic E-state index is 0.132. The van der Waals surface area contributed by atoms with E-state index in [-0.39, 0.29) is 24.0 Å². The third-order valence-corrected chi connectivity index (χ3v) is 4.79. The maximum absolute atomic E-state index is 13.0. The van der Waals surface area contributed by atoms with Crippen molar-refractivity contribution in [2.45, 2.75) is 18.9 Å². The molecule has 0 saturated carbocycles. The predicted molar refractivity (Wildman–Crippen MR) is 88.4 cm³/mol. The maximum Gasteiger partial charge on any atom is 0.409 e. The van der Waals surface area contributed by atoms with Gasteiger partial charge in [-0.15, -0.1) is 0 Å². The highest BCUT2D eigenvalue weighted by atomic mass is 16.5. The van der Waals surface area contributed by atoms with Crippen LogP contribution < -0.4 is 0 Å². The summed E-state index contributed by atoms with van der Waals surface area (Å²) < 4.78 is 10.7. The number of amides is 2. The van der Waals surface area contributed by atoms with Crippen molar-refractivity contribution in [1.82, 2.24) is 9.80 Å². The highest BCUT2D eigenvalue weighted by Crippen LogP contribution is 2.35. The van der Waals surface area contributed by atoms with Crippen LogP contribution in [-0.2, 0) is 14.3 Å². The quantitative estimate of drug-likeness (QED) is 0.832. The number of carbonyl (C=O) groups is 2. The summed E-state index contributed by atoms with van der Waals surface area (Å²) in [5.41, 5.74) is 1.06. The Bertz CT molecular complexity index is 570. The number of nitrogens with zero attached hydrogens (tertiary/aromatic N) is 2. The number of rotatable bonds is 2. The second kappa shape index (κ2) is 7.66. The Morgan fingerprint density at radius 2 is 1.75 bits per heavy atom. The summed E-state index contributed by atoms with van der Waals surface area (Å²) in [7, 11) is 1.38. The summed E-state index contributed by atoms with van der Waals surface area (Å²) >= 11 is 0. The van der Waals surface area contributed by atoms with E-state index in [2.05, 4.69) is 0 Å². The molecule has 0 aliphatic carbocycles. The lowest BCUT2D eigenvalue weighted by molar-refractivity contribution is -0.147. The van der Waals surface area contributed by atoms with Crippen LogP contribution >= 0.6 is 0 Å². The van der Waals surface area contributed by atoms with Gasteiger partial charge in [-0.1, -0.05) is 30.3 Å². The molecule has 0 aromatic heterocycles. The number of methoxy groups -OCH3 is 1. The molecule has 2 unspecified atom stereocenters. The Kier molecular flexibility index (Phi) is 5.35. The van der Waals surface area contributed by atoms with Gasteiger partial charge in [0.2, 0.25) is 5.91 Å². The minimum Gasteiger partial charge on any atom is -0.453 e. The first-order valence-electron chi connectivity index (χ1n) is 8.49. The fourth-order valence-corrected chi connectivity index (χ4v) is 3.48. The molecule has 2 aliphatic rings. The molecule has 130 valence electrons. The van der Waals surface area contributed by atoms with Gasteiger partial charge in [-0.3, -0.25) is 4.79 Å². The molecule has 2 aliphatic heterocycles. The smallest absolute Gasteiger partial charge is 0.409 e. The van der Waals surface area contributed by atoms with E-state index in [9.17, 15) is 9.59 Å². The Labute approximate surface area is 142 Å². The van der Waals surface area contributed by atoms with Gasteiger partial charge in [-0.2, -0.15) is 0 Å². The van der Waals surface area contributed by atoms with Gasteiger partial charge in [0.25, 0.3) is 0 Å². The monoisotopic (exact) mass is 332 g/mol. The predicted octanol–water partition coefficient (Wildman–Crippen LogP) is 2.06. The van der Waals surface area contributed by atoms with Crippen molar-refractivity contribution >= 4 is 12.0 Å². The average Bonchev–Trinajstić information content (AvgIpc) is 2.67. The van der Waals surface area contributed by atoms with Gasteiger partial charge >= 0.3 is 6.09 Å². The Balaban J connectivity index is 1.66. The molecular formula is C18H24N2O4. The normalized spacial score (nSPS) is 24.5. The standard InChI is InChI=1S/C18H24N2O4/c1-23-18(22)20-11-9-19(10-12-20)17(21)15-8-5-13-24-16(15)14-6-3-2-4-7-14/h2-4,6-7,15-16H,5,8-13H2,1H3. The molecular weight excluding hydrogens is 308 g/mol. The van der Waals surface area contributed by atoms with Crippen molar-refractivity contribution in [3.63, 3.8) is 0 Å². The molecule has 6 heteroatoms. The van der Waals surface area contributed by atoms with E-state index in [4.69, 9.17) is 9.47 Å². The molecule has 0 N–H and O–H groups in total. The SMILES string of the molecule is COC(=O)N1CCN(C(=O)C2CCCOC2c2ccccc2)CC1. The second-order valence-electron chi connectivity index (χ2n) is 6.23. The maximum atomic E-state index is 13.0. The molecule has 2 amide bonds. The summed E-state index contributed by atoms with van der Waals surface area (Å²) in [5.74, 6) is -0.0149. The van der Waals surface area contributed by atoms with Crippen molar-refractivity contribution in [3.05, 3.63) is 35.9 Å². The number of hydrogen-bond acceptors (Lipinski definition) is 4. The lowest BCUT2D eigenvalue weighted by Gasteiger charge is -2.38. The summed E-state index contributed by atoms with van der Waals surface area (Å²) in [6, 6.07) is 9.96. The van der Waals surface area contributed by atoms with Crippen LogP contribution in [0.4, 0.5) is 4.79 Å². The molecule has 24 heavy (non-hydrogen) atoms. The molecule has 1 aromatic rings. The zero-order valence-electron chi connectivity index (χ0n) is 14.0. The molecule has 0 radical (unpaired) electrons. The number of hydrogen-bond donors (Lipinski definition) is 0. The largest absolute Gasteiger partial charge is 0.453 e. The zero-order chi connectivity index (χ0) is 16.9. The minimum atomic E-state index is -0.328. The van der Waals surface area contributed by atoms with Crippen LogP contribution in [-0.4, -0.2) is 61.7 Å². The van der Waals surface area contributed by atoms with Crippen LogP contribution in [0.15, 0.2) is 30.3 Å². The first-order chi connectivity index (χ1) is 11.7. The van der Waals surface area contributed by atoms with Gasteiger partial charge in [-0.05, 0) is 18.4 Å². The third kappa shape index (κ3) is 3.53. The van der Waals surface area contributed by atoms with E-state index >= 15 is 0 Å². The number of ether oxygens (including phenoxy) is 2.